The van der Waals surface area contributed by atoms with Gasteiger partial charge in [0.15, 0.2) is 0 Å². The van der Waals surface area contributed by atoms with Crippen molar-refractivity contribution in [2.75, 3.05) is 26.2 Å². The second-order valence-electron chi connectivity index (χ2n) is 2.26. The molecule has 14 heavy (non-hydrogen) atoms. The smallest absolute Gasteiger partial charge is 0.402 e. The van der Waals surface area contributed by atoms with Crippen molar-refractivity contribution < 1.29 is 15.1 Å². The minimum atomic E-state index is -2.17. The van der Waals surface area contributed by atoms with Crippen molar-refractivity contribution in [2.24, 2.45) is 0 Å². The Morgan fingerprint density at radius 1 is 0.714 bits per heavy atom. The first kappa shape index (κ1) is 19.4. The van der Waals surface area contributed by atoms with E-state index in [4.69, 9.17) is 15.1 Å². The van der Waals surface area contributed by atoms with Gasteiger partial charge in [-0.2, -0.15) is 0 Å². The summed E-state index contributed by atoms with van der Waals surface area (Å²) in [7, 11) is -2.17. The molecule has 0 rings (SSSR count). The fourth-order valence-corrected chi connectivity index (χ4v) is 0.500. The topological polar surface area (TPSA) is 84.8 Å². The fourth-order valence-electron chi connectivity index (χ4n) is 0.500. The first-order valence-electron chi connectivity index (χ1n) is 5.02. The zero-order valence-corrected chi connectivity index (χ0v) is 9.75. The lowest BCUT2D eigenvalue weighted by Crippen LogP contribution is -2.09. The van der Waals surface area contributed by atoms with Gasteiger partial charge in [0.1, 0.15) is 0 Å². The number of nitrogens with one attached hydrogen (secondary N) is 2. The molecule has 0 aliphatic rings. The standard InChI is InChI=1S/2C4H11N.BH3O3/c2*1-3-5-4-2;2-1(3)4/h2*5H,3-4H2,1-2H3;2-4H. The highest BCUT2D eigenvalue weighted by molar-refractivity contribution is 6.30. The zero-order valence-electron chi connectivity index (χ0n) is 9.75. The molecule has 6 heteroatoms. The molecule has 0 saturated carbocycles. The van der Waals surface area contributed by atoms with Crippen LogP contribution < -0.4 is 10.6 Å². The van der Waals surface area contributed by atoms with Gasteiger partial charge in [0.2, 0.25) is 0 Å². The normalized spacial score (nSPS) is 7.93. The third kappa shape index (κ3) is 93.8. The van der Waals surface area contributed by atoms with E-state index in [0.29, 0.717) is 0 Å². The van der Waals surface area contributed by atoms with Crippen molar-refractivity contribution in [3.63, 3.8) is 0 Å². The number of rotatable bonds is 4. The molecule has 0 unspecified atom stereocenters. The van der Waals surface area contributed by atoms with Gasteiger partial charge in [-0.05, 0) is 26.2 Å². The molecule has 0 amide bonds. The van der Waals surface area contributed by atoms with Crippen LogP contribution in [0.1, 0.15) is 27.7 Å². The minimum Gasteiger partial charge on any atom is -0.402 e. The second kappa shape index (κ2) is 23.0. The van der Waals surface area contributed by atoms with E-state index in [1.165, 1.54) is 0 Å². The summed E-state index contributed by atoms with van der Waals surface area (Å²) in [5.41, 5.74) is 0. The molecular formula is C8H25BN2O3. The Morgan fingerprint density at radius 3 is 0.857 bits per heavy atom. The van der Waals surface area contributed by atoms with Crippen LogP contribution in [0.25, 0.3) is 0 Å². The monoisotopic (exact) mass is 208 g/mol. The molecule has 0 saturated heterocycles. The zero-order chi connectivity index (χ0) is 11.8. The van der Waals surface area contributed by atoms with E-state index in [-0.39, 0.29) is 0 Å². The first-order valence-corrected chi connectivity index (χ1v) is 5.02. The van der Waals surface area contributed by atoms with Crippen LogP contribution in [0, 0.1) is 0 Å². The Bertz CT molecular complexity index is 64.9. The highest BCUT2D eigenvalue weighted by Gasteiger charge is 1.92. The minimum absolute atomic E-state index is 1.09. The molecule has 5 N–H and O–H groups in total. The Kier molecular flexibility index (Phi) is 32.0. The summed E-state index contributed by atoms with van der Waals surface area (Å²) in [6.45, 7) is 12.8. The molecule has 0 aliphatic carbocycles. The molecule has 0 atom stereocenters. The number of hydrogen-bond acceptors (Lipinski definition) is 5. The first-order chi connectivity index (χ1) is 6.56. The van der Waals surface area contributed by atoms with E-state index >= 15 is 0 Å². The molecule has 0 heterocycles. The van der Waals surface area contributed by atoms with Gasteiger partial charge in [-0.1, -0.05) is 27.7 Å². The van der Waals surface area contributed by atoms with Crippen molar-refractivity contribution in [1.29, 1.82) is 0 Å². The summed E-state index contributed by atoms with van der Waals surface area (Å²) >= 11 is 0. The van der Waals surface area contributed by atoms with Gasteiger partial charge < -0.3 is 25.7 Å². The molecule has 0 aromatic rings. The van der Waals surface area contributed by atoms with E-state index in [9.17, 15) is 0 Å². The lowest BCUT2D eigenvalue weighted by atomic mass is 10.3. The third-order valence-corrected chi connectivity index (χ3v) is 1.000. The Morgan fingerprint density at radius 2 is 0.857 bits per heavy atom. The van der Waals surface area contributed by atoms with E-state index in [2.05, 4.69) is 38.3 Å². The predicted octanol–water partition coefficient (Wildman–Crippen LogP) is -0.820. The Labute approximate surface area is 87.7 Å². The van der Waals surface area contributed by atoms with E-state index < -0.39 is 7.32 Å². The van der Waals surface area contributed by atoms with Crippen molar-refractivity contribution in [3.05, 3.63) is 0 Å². The van der Waals surface area contributed by atoms with E-state index in [1.807, 2.05) is 0 Å². The van der Waals surface area contributed by atoms with E-state index in [1.54, 1.807) is 0 Å². The molecule has 0 aliphatic heterocycles. The molecule has 5 nitrogen and oxygen atoms in total. The molecule has 88 valence electrons. The summed E-state index contributed by atoms with van der Waals surface area (Å²) in [6, 6.07) is 0. The van der Waals surface area contributed by atoms with Crippen molar-refractivity contribution in [2.45, 2.75) is 27.7 Å². The summed E-state index contributed by atoms with van der Waals surface area (Å²) in [4.78, 5) is 0. The van der Waals surface area contributed by atoms with Gasteiger partial charge in [-0.3, -0.25) is 0 Å². The van der Waals surface area contributed by atoms with Crippen LogP contribution >= 0.6 is 0 Å². The number of hydrogen-bond donors (Lipinski definition) is 5. The summed E-state index contributed by atoms with van der Waals surface area (Å²) in [5, 5.41) is 27.7. The van der Waals surface area contributed by atoms with Gasteiger partial charge in [-0.15, -0.1) is 0 Å². The summed E-state index contributed by atoms with van der Waals surface area (Å²) in [6.07, 6.45) is 0. The van der Waals surface area contributed by atoms with Crippen LogP contribution in [0.5, 0.6) is 0 Å². The maximum atomic E-state index is 7.17. The molecule has 0 bridgehead atoms. The quantitative estimate of drug-likeness (QED) is 0.390. The average Bonchev–Trinajstić information content (AvgIpc) is 2.07. The molecule has 0 radical (unpaired) electrons. The van der Waals surface area contributed by atoms with Crippen molar-refractivity contribution >= 4 is 7.32 Å². The van der Waals surface area contributed by atoms with Crippen LogP contribution in [0.15, 0.2) is 0 Å². The highest BCUT2D eigenvalue weighted by atomic mass is 16.5. The molecule has 0 aromatic heterocycles. The van der Waals surface area contributed by atoms with Gasteiger partial charge in [-0.25, -0.2) is 0 Å². The van der Waals surface area contributed by atoms with E-state index in [0.717, 1.165) is 26.2 Å². The highest BCUT2D eigenvalue weighted by Crippen LogP contribution is 1.48. The van der Waals surface area contributed by atoms with Crippen LogP contribution in [0.4, 0.5) is 0 Å². The van der Waals surface area contributed by atoms with Gasteiger partial charge in [0, 0.05) is 0 Å². The van der Waals surface area contributed by atoms with Crippen LogP contribution in [0.3, 0.4) is 0 Å². The van der Waals surface area contributed by atoms with Crippen LogP contribution in [0.2, 0.25) is 0 Å². The lowest BCUT2D eigenvalue weighted by molar-refractivity contribution is 0.278. The molecular weight excluding hydrogens is 183 g/mol. The van der Waals surface area contributed by atoms with Crippen LogP contribution in [-0.2, 0) is 0 Å². The second-order valence-corrected chi connectivity index (χ2v) is 2.26. The maximum Gasteiger partial charge on any atom is 0.631 e. The molecule has 0 aromatic carbocycles. The largest absolute Gasteiger partial charge is 0.631 e. The van der Waals surface area contributed by atoms with Gasteiger partial charge in [0.25, 0.3) is 0 Å². The summed E-state index contributed by atoms with van der Waals surface area (Å²) in [5.74, 6) is 0. The van der Waals surface area contributed by atoms with Gasteiger partial charge in [0.05, 0.1) is 0 Å². The Hall–Kier alpha value is -0.135. The maximum absolute atomic E-state index is 7.17. The molecule has 0 spiro atoms. The third-order valence-electron chi connectivity index (χ3n) is 1.000. The fraction of sp³-hybridized carbons (Fsp3) is 1.00. The van der Waals surface area contributed by atoms with Gasteiger partial charge >= 0.3 is 7.32 Å². The SMILES string of the molecule is CCNCC.CCNCC.OB(O)O. The van der Waals surface area contributed by atoms with Crippen molar-refractivity contribution in [3.8, 4) is 0 Å². The summed E-state index contributed by atoms with van der Waals surface area (Å²) < 4.78 is 0. The predicted molar refractivity (Wildman–Crippen MR) is 60.8 cm³/mol. The Balaban J connectivity index is -0.000000131. The van der Waals surface area contributed by atoms with Crippen LogP contribution in [-0.4, -0.2) is 48.6 Å². The van der Waals surface area contributed by atoms with Crippen molar-refractivity contribution in [1.82, 2.24) is 10.6 Å². The lowest BCUT2D eigenvalue weighted by Gasteiger charge is -1.86. The average molecular weight is 208 g/mol. The molecule has 0 fully saturated rings.